The zero-order valence-corrected chi connectivity index (χ0v) is 11.1. The van der Waals surface area contributed by atoms with Gasteiger partial charge in [0.15, 0.2) is 0 Å². The van der Waals surface area contributed by atoms with Gasteiger partial charge in [0.05, 0.1) is 0 Å². The number of nitrogens with one attached hydrogen (secondary N) is 1. The zero-order chi connectivity index (χ0) is 14.7. The van der Waals surface area contributed by atoms with E-state index in [9.17, 15) is 18.8 Å². The van der Waals surface area contributed by atoms with Crippen molar-refractivity contribution in [2.24, 2.45) is 0 Å². The highest BCUT2D eigenvalue weighted by Gasteiger charge is 2.28. The molecule has 3 amide bonds. The molecule has 1 heterocycles. The summed E-state index contributed by atoms with van der Waals surface area (Å²) in [6.07, 6.45) is 0.431. The molecule has 6 heteroatoms. The van der Waals surface area contributed by atoms with Gasteiger partial charge in [0.25, 0.3) is 0 Å². The lowest BCUT2D eigenvalue weighted by Crippen LogP contribution is -2.32. The van der Waals surface area contributed by atoms with Gasteiger partial charge in [-0.3, -0.25) is 19.3 Å². The summed E-state index contributed by atoms with van der Waals surface area (Å²) in [5, 5.41) is 2.58. The quantitative estimate of drug-likeness (QED) is 0.851. The van der Waals surface area contributed by atoms with Crippen molar-refractivity contribution in [3.05, 3.63) is 29.6 Å². The molecule has 1 aliphatic heterocycles. The third-order valence-electron chi connectivity index (χ3n) is 3.19. The second-order valence-corrected chi connectivity index (χ2v) is 4.70. The Labute approximate surface area is 115 Å². The minimum absolute atomic E-state index is 0.00737. The van der Waals surface area contributed by atoms with Crippen molar-refractivity contribution in [2.45, 2.75) is 26.2 Å². The van der Waals surface area contributed by atoms with E-state index in [0.717, 1.165) is 10.5 Å². The Kier molecular flexibility index (Phi) is 4.12. The molecule has 106 valence electrons. The number of anilines is 1. The van der Waals surface area contributed by atoms with E-state index in [2.05, 4.69) is 5.32 Å². The number of likely N-dealkylation sites (tertiary alicyclic amines) is 1. The molecule has 0 radical (unpaired) electrons. The molecule has 0 bridgehead atoms. The van der Waals surface area contributed by atoms with E-state index in [1.165, 1.54) is 12.1 Å². The lowest BCUT2D eigenvalue weighted by molar-refractivity contribution is -0.138. The molecular formula is C14H15FN2O3. The number of hydrogen-bond acceptors (Lipinski definition) is 3. The van der Waals surface area contributed by atoms with Gasteiger partial charge < -0.3 is 5.32 Å². The van der Waals surface area contributed by atoms with Crippen LogP contribution in [-0.2, 0) is 14.4 Å². The van der Waals surface area contributed by atoms with Crippen LogP contribution in [0.3, 0.4) is 0 Å². The van der Waals surface area contributed by atoms with E-state index in [-0.39, 0.29) is 43.5 Å². The molecule has 1 saturated heterocycles. The molecule has 0 aromatic heterocycles. The summed E-state index contributed by atoms with van der Waals surface area (Å²) < 4.78 is 13.1. The number of rotatable bonds is 4. The summed E-state index contributed by atoms with van der Waals surface area (Å²) in [5.74, 6) is -1.28. The first-order chi connectivity index (χ1) is 9.47. The largest absolute Gasteiger partial charge is 0.326 e. The van der Waals surface area contributed by atoms with E-state index in [1.807, 2.05) is 0 Å². The van der Waals surface area contributed by atoms with Crippen LogP contribution in [-0.4, -0.2) is 29.2 Å². The third kappa shape index (κ3) is 3.20. The number of benzene rings is 1. The molecule has 1 aromatic carbocycles. The molecule has 1 aromatic rings. The Bertz CT molecular complexity index is 556. The minimum atomic E-state index is -0.434. The SMILES string of the molecule is Cc1ccc(F)cc1NC(=O)CCN1C(=O)CCC1=O. The number of carbonyl (C=O) groups is 3. The summed E-state index contributed by atoms with van der Waals surface area (Å²) in [6, 6.07) is 4.12. The van der Waals surface area contributed by atoms with Crippen molar-refractivity contribution in [3.63, 3.8) is 0 Å². The maximum Gasteiger partial charge on any atom is 0.229 e. The van der Waals surface area contributed by atoms with Gasteiger partial charge in [-0.2, -0.15) is 0 Å². The first-order valence-corrected chi connectivity index (χ1v) is 6.36. The molecule has 0 saturated carbocycles. The maximum absolute atomic E-state index is 13.1. The number of carbonyl (C=O) groups excluding carboxylic acids is 3. The van der Waals surface area contributed by atoms with Gasteiger partial charge in [0.2, 0.25) is 17.7 Å². The fourth-order valence-corrected chi connectivity index (χ4v) is 2.03. The van der Waals surface area contributed by atoms with Gasteiger partial charge in [0.1, 0.15) is 5.82 Å². The summed E-state index contributed by atoms with van der Waals surface area (Å²) in [4.78, 5) is 35.6. The molecule has 0 atom stereocenters. The monoisotopic (exact) mass is 278 g/mol. The molecule has 1 aliphatic rings. The van der Waals surface area contributed by atoms with Gasteiger partial charge in [0, 0.05) is 31.5 Å². The van der Waals surface area contributed by atoms with Crippen molar-refractivity contribution in [1.82, 2.24) is 4.90 Å². The summed E-state index contributed by atoms with van der Waals surface area (Å²) in [6.45, 7) is 1.82. The van der Waals surface area contributed by atoms with Gasteiger partial charge in [-0.1, -0.05) is 6.07 Å². The number of aryl methyl sites for hydroxylation is 1. The Morgan fingerprint density at radius 1 is 1.30 bits per heavy atom. The predicted octanol–water partition coefficient (Wildman–Crippen LogP) is 1.61. The summed E-state index contributed by atoms with van der Waals surface area (Å²) >= 11 is 0. The van der Waals surface area contributed by atoms with Gasteiger partial charge in [-0.15, -0.1) is 0 Å². The Morgan fingerprint density at radius 2 is 1.95 bits per heavy atom. The van der Waals surface area contributed by atoms with Gasteiger partial charge >= 0.3 is 0 Å². The Hall–Kier alpha value is -2.24. The standard InChI is InChI=1S/C14H15FN2O3/c1-9-2-3-10(15)8-11(9)16-12(18)6-7-17-13(19)4-5-14(17)20/h2-3,8H,4-7H2,1H3,(H,16,18). The van der Waals surface area contributed by atoms with Crippen LogP contribution in [0.2, 0.25) is 0 Å². The van der Waals surface area contributed by atoms with E-state index in [1.54, 1.807) is 13.0 Å². The fourth-order valence-electron chi connectivity index (χ4n) is 2.03. The maximum atomic E-state index is 13.1. The normalized spacial score (nSPS) is 14.8. The number of nitrogens with zero attached hydrogens (tertiary/aromatic N) is 1. The van der Waals surface area contributed by atoms with Gasteiger partial charge in [-0.05, 0) is 24.6 Å². The molecule has 0 aliphatic carbocycles. The lowest BCUT2D eigenvalue weighted by Gasteiger charge is -2.14. The third-order valence-corrected chi connectivity index (χ3v) is 3.19. The van der Waals surface area contributed by atoms with Crippen LogP contribution in [0.15, 0.2) is 18.2 Å². The zero-order valence-electron chi connectivity index (χ0n) is 11.1. The van der Waals surface area contributed by atoms with Crippen molar-refractivity contribution in [1.29, 1.82) is 0 Å². The van der Waals surface area contributed by atoms with Gasteiger partial charge in [-0.25, -0.2) is 4.39 Å². The minimum Gasteiger partial charge on any atom is -0.326 e. The molecule has 5 nitrogen and oxygen atoms in total. The number of halogens is 1. The van der Waals surface area contributed by atoms with Crippen LogP contribution in [0, 0.1) is 12.7 Å². The smallest absolute Gasteiger partial charge is 0.229 e. The molecule has 0 spiro atoms. The predicted molar refractivity (Wildman–Crippen MR) is 70.3 cm³/mol. The van der Waals surface area contributed by atoms with Crippen molar-refractivity contribution < 1.29 is 18.8 Å². The number of imide groups is 1. The van der Waals surface area contributed by atoms with Crippen molar-refractivity contribution in [2.75, 3.05) is 11.9 Å². The second kappa shape index (κ2) is 5.81. The van der Waals surface area contributed by atoms with Crippen LogP contribution < -0.4 is 5.32 Å². The van der Waals surface area contributed by atoms with E-state index >= 15 is 0 Å². The Balaban J connectivity index is 1.91. The van der Waals surface area contributed by atoms with Crippen LogP contribution in [0.1, 0.15) is 24.8 Å². The fraction of sp³-hybridized carbons (Fsp3) is 0.357. The highest BCUT2D eigenvalue weighted by molar-refractivity contribution is 6.02. The average Bonchev–Trinajstić information content (AvgIpc) is 2.71. The highest BCUT2D eigenvalue weighted by atomic mass is 19.1. The Morgan fingerprint density at radius 3 is 2.60 bits per heavy atom. The van der Waals surface area contributed by atoms with E-state index in [4.69, 9.17) is 0 Å². The lowest BCUT2D eigenvalue weighted by atomic mass is 10.2. The van der Waals surface area contributed by atoms with Crippen molar-refractivity contribution >= 4 is 23.4 Å². The van der Waals surface area contributed by atoms with Crippen LogP contribution >= 0.6 is 0 Å². The highest BCUT2D eigenvalue weighted by Crippen LogP contribution is 2.17. The molecular weight excluding hydrogens is 263 g/mol. The molecule has 1 fully saturated rings. The van der Waals surface area contributed by atoms with Crippen molar-refractivity contribution in [3.8, 4) is 0 Å². The molecule has 20 heavy (non-hydrogen) atoms. The molecule has 1 N–H and O–H groups in total. The van der Waals surface area contributed by atoms with E-state index < -0.39 is 5.82 Å². The topological polar surface area (TPSA) is 66.5 Å². The van der Waals surface area contributed by atoms with Crippen LogP contribution in [0.5, 0.6) is 0 Å². The first kappa shape index (κ1) is 14.2. The summed E-state index contributed by atoms with van der Waals surface area (Å²) in [5.41, 5.74) is 1.14. The average molecular weight is 278 g/mol. The molecule has 2 rings (SSSR count). The second-order valence-electron chi connectivity index (χ2n) is 4.70. The molecule has 0 unspecified atom stereocenters. The van der Waals surface area contributed by atoms with Crippen LogP contribution in [0.4, 0.5) is 10.1 Å². The number of hydrogen-bond donors (Lipinski definition) is 1. The van der Waals surface area contributed by atoms with E-state index in [0.29, 0.717) is 5.69 Å². The first-order valence-electron chi connectivity index (χ1n) is 6.36. The summed E-state index contributed by atoms with van der Waals surface area (Å²) in [7, 11) is 0. The van der Waals surface area contributed by atoms with Crippen LogP contribution in [0.25, 0.3) is 0 Å². The number of amides is 3.